The lowest BCUT2D eigenvalue weighted by atomic mass is 10.2. The summed E-state index contributed by atoms with van der Waals surface area (Å²) in [4.78, 5) is 15.7. The second kappa shape index (κ2) is 5.45. The number of nitrogens with one attached hydrogen (secondary N) is 1. The van der Waals surface area contributed by atoms with Crippen molar-refractivity contribution in [1.82, 2.24) is 4.98 Å². The maximum Gasteiger partial charge on any atom is 0.296 e. The highest BCUT2D eigenvalue weighted by molar-refractivity contribution is 9.10. The Kier molecular flexibility index (Phi) is 3.93. The smallest absolute Gasteiger partial charge is 0.296 e. The molecule has 94 valence electrons. The fourth-order valence-electron chi connectivity index (χ4n) is 1.51. The monoisotopic (exact) mass is 327 g/mol. The van der Waals surface area contributed by atoms with Gasteiger partial charge in [0.25, 0.3) is 5.69 Å². The van der Waals surface area contributed by atoms with Gasteiger partial charge < -0.3 is 5.32 Å². The van der Waals surface area contributed by atoms with Gasteiger partial charge in [0.2, 0.25) is 0 Å². The normalized spacial score (nSPS) is 10.3. The molecule has 2 heterocycles. The van der Waals surface area contributed by atoms with Gasteiger partial charge in [-0.15, -0.1) is 11.3 Å². The van der Waals surface area contributed by atoms with Crippen molar-refractivity contribution in [3.8, 4) is 10.6 Å². The molecule has 0 spiro atoms. The first-order valence-electron chi connectivity index (χ1n) is 5.26. The lowest BCUT2D eigenvalue weighted by Crippen LogP contribution is -2.01. The molecule has 0 saturated carbocycles. The van der Waals surface area contributed by atoms with Gasteiger partial charge in [0.15, 0.2) is 5.69 Å². The lowest BCUT2D eigenvalue weighted by molar-refractivity contribution is -0.384. The molecule has 0 atom stereocenters. The zero-order valence-corrected chi connectivity index (χ0v) is 11.9. The summed E-state index contributed by atoms with van der Waals surface area (Å²) in [6, 6.07) is 4.95. The molecular formula is C11H10BrN3O2S. The van der Waals surface area contributed by atoms with Crippen LogP contribution in [-0.4, -0.2) is 16.5 Å². The van der Waals surface area contributed by atoms with E-state index >= 15 is 0 Å². The highest BCUT2D eigenvalue weighted by Crippen LogP contribution is 2.37. The Labute approximate surface area is 116 Å². The number of hydrogen-bond donors (Lipinski definition) is 1. The van der Waals surface area contributed by atoms with E-state index in [4.69, 9.17) is 0 Å². The molecule has 0 aliphatic heterocycles. The summed E-state index contributed by atoms with van der Waals surface area (Å²) < 4.78 is 0.816. The van der Waals surface area contributed by atoms with E-state index in [1.807, 2.05) is 18.4 Å². The minimum Gasteiger partial charge on any atom is -0.370 e. The zero-order chi connectivity index (χ0) is 13.1. The highest BCUT2D eigenvalue weighted by Gasteiger charge is 2.20. The van der Waals surface area contributed by atoms with Crippen molar-refractivity contribution < 1.29 is 4.92 Å². The molecule has 0 radical (unpaired) electrons. The number of halogens is 1. The largest absolute Gasteiger partial charge is 0.370 e. The Balaban J connectivity index is 2.58. The first-order chi connectivity index (χ1) is 8.63. The summed E-state index contributed by atoms with van der Waals surface area (Å²) in [6.07, 6.45) is 0. The molecule has 2 rings (SSSR count). The highest BCUT2D eigenvalue weighted by atomic mass is 79.9. The van der Waals surface area contributed by atoms with E-state index in [2.05, 4.69) is 26.2 Å². The van der Waals surface area contributed by atoms with Crippen molar-refractivity contribution in [2.45, 2.75) is 6.92 Å². The number of rotatable bonds is 4. The number of anilines is 1. The maximum atomic E-state index is 11.0. The Hall–Kier alpha value is -1.47. The SMILES string of the molecule is CCNc1ccc([N+](=O)[O-])c(-c2sccc2Br)n1. The van der Waals surface area contributed by atoms with Gasteiger partial charge in [0, 0.05) is 17.1 Å². The van der Waals surface area contributed by atoms with Crippen LogP contribution in [-0.2, 0) is 0 Å². The van der Waals surface area contributed by atoms with Crippen LogP contribution in [0, 0.1) is 10.1 Å². The molecule has 0 bridgehead atoms. The number of aromatic nitrogens is 1. The van der Waals surface area contributed by atoms with Crippen molar-refractivity contribution in [2.75, 3.05) is 11.9 Å². The molecule has 0 unspecified atom stereocenters. The molecule has 0 amide bonds. The Morgan fingerprint density at radius 2 is 2.28 bits per heavy atom. The van der Waals surface area contributed by atoms with Crippen LogP contribution >= 0.6 is 27.3 Å². The average Bonchev–Trinajstić information content (AvgIpc) is 2.75. The van der Waals surface area contributed by atoms with E-state index in [0.29, 0.717) is 11.5 Å². The standard InChI is InChI=1S/C11H10BrN3O2S/c1-2-13-9-4-3-8(15(16)17)10(14-9)11-7(12)5-6-18-11/h3-6H,2H2,1H3,(H,13,14). The summed E-state index contributed by atoms with van der Waals surface area (Å²) in [6.45, 7) is 2.67. The Bertz CT molecular complexity index is 585. The lowest BCUT2D eigenvalue weighted by Gasteiger charge is -2.05. The Morgan fingerprint density at radius 1 is 1.50 bits per heavy atom. The van der Waals surface area contributed by atoms with Gasteiger partial charge in [-0.2, -0.15) is 0 Å². The zero-order valence-electron chi connectivity index (χ0n) is 9.51. The van der Waals surface area contributed by atoms with Crippen LogP contribution in [0.25, 0.3) is 10.6 Å². The van der Waals surface area contributed by atoms with Crippen molar-refractivity contribution in [3.63, 3.8) is 0 Å². The van der Waals surface area contributed by atoms with Crippen molar-refractivity contribution in [2.24, 2.45) is 0 Å². The summed E-state index contributed by atoms with van der Waals surface area (Å²) in [7, 11) is 0. The quantitative estimate of drug-likeness (QED) is 0.682. The summed E-state index contributed by atoms with van der Waals surface area (Å²) in [5.74, 6) is 0.637. The molecule has 0 aliphatic rings. The number of nitrogens with zero attached hydrogens (tertiary/aromatic N) is 2. The van der Waals surface area contributed by atoms with Gasteiger partial charge in [0.1, 0.15) is 5.82 Å². The van der Waals surface area contributed by atoms with Crippen LogP contribution in [0.4, 0.5) is 11.5 Å². The van der Waals surface area contributed by atoms with Gasteiger partial charge in [-0.25, -0.2) is 4.98 Å². The third-order valence-corrected chi connectivity index (χ3v) is 4.11. The average molecular weight is 328 g/mol. The molecule has 0 saturated heterocycles. The number of pyridine rings is 1. The molecule has 1 N–H and O–H groups in total. The Morgan fingerprint density at radius 3 is 2.83 bits per heavy atom. The van der Waals surface area contributed by atoms with Gasteiger partial charge in [-0.1, -0.05) is 0 Å². The van der Waals surface area contributed by atoms with Gasteiger partial charge in [-0.05, 0) is 40.4 Å². The van der Waals surface area contributed by atoms with E-state index < -0.39 is 4.92 Å². The molecule has 2 aromatic rings. The molecule has 0 fully saturated rings. The fraction of sp³-hybridized carbons (Fsp3) is 0.182. The third kappa shape index (κ3) is 2.51. The predicted molar refractivity (Wildman–Crippen MR) is 76.1 cm³/mol. The third-order valence-electron chi connectivity index (χ3n) is 2.26. The summed E-state index contributed by atoms with van der Waals surface area (Å²) in [5, 5.41) is 15.9. The molecule has 18 heavy (non-hydrogen) atoms. The molecule has 0 aromatic carbocycles. The number of nitro groups is 1. The van der Waals surface area contributed by atoms with E-state index in [0.717, 1.165) is 15.9 Å². The summed E-state index contributed by atoms with van der Waals surface area (Å²) in [5.41, 5.74) is 0.403. The second-order valence-electron chi connectivity index (χ2n) is 3.45. The summed E-state index contributed by atoms with van der Waals surface area (Å²) >= 11 is 4.80. The van der Waals surface area contributed by atoms with Crippen molar-refractivity contribution >= 4 is 38.8 Å². The topological polar surface area (TPSA) is 68.1 Å². The first-order valence-corrected chi connectivity index (χ1v) is 6.93. The molecule has 0 aliphatic carbocycles. The van der Waals surface area contributed by atoms with Crippen LogP contribution in [0.1, 0.15) is 6.92 Å². The van der Waals surface area contributed by atoms with Gasteiger partial charge in [-0.3, -0.25) is 10.1 Å². The van der Waals surface area contributed by atoms with E-state index in [-0.39, 0.29) is 5.69 Å². The van der Waals surface area contributed by atoms with Crippen LogP contribution < -0.4 is 5.32 Å². The minimum atomic E-state index is -0.412. The number of thiophene rings is 1. The minimum absolute atomic E-state index is 0.0137. The first kappa shape index (κ1) is 13.0. The molecule has 7 heteroatoms. The van der Waals surface area contributed by atoms with Crippen LogP contribution in [0.15, 0.2) is 28.1 Å². The van der Waals surface area contributed by atoms with E-state index in [9.17, 15) is 10.1 Å². The van der Waals surface area contributed by atoms with Gasteiger partial charge in [0.05, 0.1) is 9.80 Å². The predicted octanol–water partition coefficient (Wildman–Crippen LogP) is 3.91. The van der Waals surface area contributed by atoms with Crippen LogP contribution in [0.3, 0.4) is 0 Å². The maximum absolute atomic E-state index is 11.0. The van der Waals surface area contributed by atoms with Crippen molar-refractivity contribution in [3.05, 3.63) is 38.2 Å². The number of hydrogen-bond acceptors (Lipinski definition) is 5. The van der Waals surface area contributed by atoms with Crippen molar-refractivity contribution in [1.29, 1.82) is 0 Å². The fourth-order valence-corrected chi connectivity index (χ4v) is 3.07. The molecule has 5 nitrogen and oxygen atoms in total. The van der Waals surface area contributed by atoms with Gasteiger partial charge >= 0.3 is 0 Å². The van der Waals surface area contributed by atoms with Crippen LogP contribution in [0.5, 0.6) is 0 Å². The van der Waals surface area contributed by atoms with E-state index in [1.165, 1.54) is 17.4 Å². The van der Waals surface area contributed by atoms with E-state index in [1.54, 1.807) is 6.07 Å². The molecular weight excluding hydrogens is 318 g/mol. The van der Waals surface area contributed by atoms with Crippen LogP contribution in [0.2, 0.25) is 0 Å². The molecule has 2 aromatic heterocycles. The second-order valence-corrected chi connectivity index (χ2v) is 5.22.